The van der Waals surface area contributed by atoms with Gasteiger partial charge in [-0.15, -0.1) is 0 Å². The van der Waals surface area contributed by atoms with Gasteiger partial charge in [-0.05, 0) is 34.8 Å². The Morgan fingerprint density at radius 2 is 2.11 bits per heavy atom. The van der Waals surface area contributed by atoms with E-state index < -0.39 is 0 Å². The number of hydrogen-bond acceptors (Lipinski definition) is 2. The molecule has 0 aliphatic carbocycles. The Hall–Kier alpha value is -1.29. The molecule has 0 fully saturated rings. The molecule has 1 aromatic carbocycles. The van der Waals surface area contributed by atoms with Crippen molar-refractivity contribution in [3.63, 3.8) is 0 Å². The lowest BCUT2D eigenvalue weighted by Gasteiger charge is -2.25. The van der Waals surface area contributed by atoms with Crippen LogP contribution in [-0.2, 0) is 13.0 Å². The second kappa shape index (κ2) is 5.00. The Morgan fingerprint density at radius 1 is 1.37 bits per heavy atom. The number of hydrogen-bond donors (Lipinski definition) is 1. The summed E-state index contributed by atoms with van der Waals surface area (Å²) in [5.74, 6) is 1.62. The van der Waals surface area contributed by atoms with Gasteiger partial charge in [-0.1, -0.05) is 36.8 Å². The molecule has 2 aromatic rings. The van der Waals surface area contributed by atoms with E-state index in [-0.39, 0.29) is 0 Å². The van der Waals surface area contributed by atoms with Crippen LogP contribution in [-0.4, -0.2) is 16.3 Å². The van der Waals surface area contributed by atoms with Gasteiger partial charge in [-0.2, -0.15) is 5.10 Å². The van der Waals surface area contributed by atoms with Crippen molar-refractivity contribution in [2.24, 2.45) is 0 Å². The lowest BCUT2D eigenvalue weighted by atomic mass is 9.97. The topological polar surface area (TPSA) is 29.9 Å². The number of anilines is 1. The fourth-order valence-electron chi connectivity index (χ4n) is 2.57. The van der Waals surface area contributed by atoms with Crippen LogP contribution in [0.25, 0.3) is 0 Å². The lowest BCUT2D eigenvalue weighted by molar-refractivity contribution is 0.502. The molecule has 0 amide bonds. The summed E-state index contributed by atoms with van der Waals surface area (Å²) in [5, 5.41) is 8.17. The fourth-order valence-corrected chi connectivity index (χ4v) is 3.28. The van der Waals surface area contributed by atoms with Gasteiger partial charge < -0.3 is 5.32 Å². The molecule has 3 nitrogen and oxygen atoms in total. The molecule has 1 N–H and O–H groups in total. The van der Waals surface area contributed by atoms with E-state index in [4.69, 9.17) is 0 Å². The second-order valence-electron chi connectivity index (χ2n) is 5.13. The number of aromatic nitrogens is 2. The third-order valence-corrected chi connectivity index (χ3v) is 4.59. The minimum Gasteiger partial charge on any atom is -0.369 e. The molecule has 1 atom stereocenters. The van der Waals surface area contributed by atoms with Crippen LogP contribution in [0.15, 0.2) is 28.7 Å². The zero-order valence-electron chi connectivity index (χ0n) is 11.3. The summed E-state index contributed by atoms with van der Waals surface area (Å²) in [6, 6.07) is 8.82. The SMILES string of the molecule is CCc1nn2c(c1Br)NCC(c1ccc(C)cc1)C2. The first-order valence-corrected chi connectivity index (χ1v) is 7.54. The van der Waals surface area contributed by atoms with Gasteiger partial charge in [0.05, 0.1) is 16.7 Å². The number of rotatable bonds is 2. The van der Waals surface area contributed by atoms with Crippen LogP contribution in [0.2, 0.25) is 0 Å². The minimum absolute atomic E-state index is 0.490. The summed E-state index contributed by atoms with van der Waals surface area (Å²) >= 11 is 3.64. The van der Waals surface area contributed by atoms with E-state index in [1.165, 1.54) is 11.1 Å². The van der Waals surface area contributed by atoms with Crippen LogP contribution >= 0.6 is 15.9 Å². The molecular formula is C15H18BrN3. The van der Waals surface area contributed by atoms with E-state index in [2.05, 4.69) is 69.1 Å². The molecule has 1 unspecified atom stereocenters. The highest BCUT2D eigenvalue weighted by molar-refractivity contribution is 9.10. The maximum absolute atomic E-state index is 4.67. The summed E-state index contributed by atoms with van der Waals surface area (Å²) < 4.78 is 3.22. The highest BCUT2D eigenvalue weighted by Gasteiger charge is 2.24. The van der Waals surface area contributed by atoms with Gasteiger partial charge in [0.2, 0.25) is 0 Å². The lowest BCUT2D eigenvalue weighted by Crippen LogP contribution is -2.26. The van der Waals surface area contributed by atoms with Gasteiger partial charge in [-0.3, -0.25) is 0 Å². The first-order valence-electron chi connectivity index (χ1n) is 6.74. The van der Waals surface area contributed by atoms with Crippen LogP contribution in [0.4, 0.5) is 5.82 Å². The smallest absolute Gasteiger partial charge is 0.139 e. The monoisotopic (exact) mass is 319 g/mol. The molecule has 0 saturated heterocycles. The van der Waals surface area contributed by atoms with Crippen molar-refractivity contribution in [3.05, 3.63) is 45.6 Å². The molecule has 1 aliphatic rings. The first-order chi connectivity index (χ1) is 9.19. The van der Waals surface area contributed by atoms with Crippen molar-refractivity contribution in [1.29, 1.82) is 0 Å². The third-order valence-electron chi connectivity index (χ3n) is 3.75. The Bertz CT molecular complexity index is 586. The van der Waals surface area contributed by atoms with Gasteiger partial charge in [0, 0.05) is 12.5 Å². The van der Waals surface area contributed by atoms with Crippen molar-refractivity contribution >= 4 is 21.7 Å². The molecule has 2 heterocycles. The number of aryl methyl sites for hydroxylation is 2. The molecule has 100 valence electrons. The highest BCUT2D eigenvalue weighted by Crippen LogP contribution is 2.33. The highest BCUT2D eigenvalue weighted by atomic mass is 79.9. The Kier molecular flexibility index (Phi) is 3.35. The summed E-state index contributed by atoms with van der Waals surface area (Å²) in [4.78, 5) is 0. The number of fused-ring (bicyclic) bond motifs is 1. The molecular weight excluding hydrogens is 302 g/mol. The van der Waals surface area contributed by atoms with Crippen molar-refractivity contribution in [2.75, 3.05) is 11.9 Å². The molecule has 0 saturated carbocycles. The van der Waals surface area contributed by atoms with Gasteiger partial charge in [0.25, 0.3) is 0 Å². The number of nitrogens with one attached hydrogen (secondary N) is 1. The van der Waals surface area contributed by atoms with Gasteiger partial charge >= 0.3 is 0 Å². The van der Waals surface area contributed by atoms with E-state index in [0.717, 1.165) is 35.5 Å². The van der Waals surface area contributed by atoms with Crippen LogP contribution in [0, 0.1) is 6.92 Å². The molecule has 1 aliphatic heterocycles. The zero-order chi connectivity index (χ0) is 13.4. The van der Waals surface area contributed by atoms with Crippen LogP contribution < -0.4 is 5.32 Å². The number of halogens is 1. The second-order valence-corrected chi connectivity index (χ2v) is 5.93. The maximum atomic E-state index is 4.67. The van der Waals surface area contributed by atoms with Crippen molar-refractivity contribution in [2.45, 2.75) is 32.7 Å². The largest absolute Gasteiger partial charge is 0.369 e. The standard InChI is InChI=1S/C15H18BrN3/c1-3-13-14(16)15-17-8-12(9-19(15)18-13)11-6-4-10(2)5-7-11/h4-7,12,17H,3,8-9H2,1-2H3. The Balaban J connectivity index is 1.88. The summed E-state index contributed by atoms with van der Waals surface area (Å²) in [5.41, 5.74) is 3.82. The maximum Gasteiger partial charge on any atom is 0.139 e. The van der Waals surface area contributed by atoms with Gasteiger partial charge in [-0.25, -0.2) is 4.68 Å². The molecule has 0 bridgehead atoms. The van der Waals surface area contributed by atoms with Crippen LogP contribution in [0.1, 0.15) is 29.7 Å². The molecule has 19 heavy (non-hydrogen) atoms. The van der Waals surface area contributed by atoms with E-state index in [1.807, 2.05) is 0 Å². The van der Waals surface area contributed by atoms with E-state index in [9.17, 15) is 0 Å². The van der Waals surface area contributed by atoms with Crippen LogP contribution in [0.5, 0.6) is 0 Å². The molecule has 0 spiro atoms. The predicted octanol–water partition coefficient (Wildman–Crippen LogP) is 3.73. The quantitative estimate of drug-likeness (QED) is 0.914. The normalized spacial score (nSPS) is 17.9. The predicted molar refractivity (Wildman–Crippen MR) is 81.7 cm³/mol. The first kappa shape index (κ1) is 12.7. The summed E-state index contributed by atoms with van der Waals surface area (Å²) in [7, 11) is 0. The van der Waals surface area contributed by atoms with E-state index in [0.29, 0.717) is 5.92 Å². The molecule has 0 radical (unpaired) electrons. The molecule has 1 aromatic heterocycles. The Morgan fingerprint density at radius 3 is 2.79 bits per heavy atom. The van der Waals surface area contributed by atoms with Crippen LogP contribution in [0.3, 0.4) is 0 Å². The van der Waals surface area contributed by atoms with Crippen molar-refractivity contribution in [3.8, 4) is 0 Å². The Labute approximate surface area is 122 Å². The average Bonchev–Trinajstić information content (AvgIpc) is 2.76. The van der Waals surface area contributed by atoms with E-state index in [1.54, 1.807) is 0 Å². The van der Waals surface area contributed by atoms with Crippen molar-refractivity contribution in [1.82, 2.24) is 9.78 Å². The third kappa shape index (κ3) is 2.29. The molecule has 4 heteroatoms. The summed E-state index contributed by atoms with van der Waals surface area (Å²) in [6.45, 7) is 6.18. The summed E-state index contributed by atoms with van der Waals surface area (Å²) in [6.07, 6.45) is 0.956. The number of benzene rings is 1. The molecule has 3 rings (SSSR count). The van der Waals surface area contributed by atoms with Gasteiger partial charge in [0.15, 0.2) is 0 Å². The fraction of sp³-hybridized carbons (Fsp3) is 0.400. The van der Waals surface area contributed by atoms with Gasteiger partial charge in [0.1, 0.15) is 5.82 Å². The van der Waals surface area contributed by atoms with E-state index >= 15 is 0 Å². The number of nitrogens with zero attached hydrogens (tertiary/aromatic N) is 2. The van der Waals surface area contributed by atoms with Crippen molar-refractivity contribution < 1.29 is 0 Å². The zero-order valence-corrected chi connectivity index (χ0v) is 12.9. The minimum atomic E-state index is 0.490. The average molecular weight is 320 g/mol.